The van der Waals surface area contributed by atoms with Gasteiger partial charge in [-0.25, -0.2) is 9.78 Å². The molecule has 1 atom stereocenters. The summed E-state index contributed by atoms with van der Waals surface area (Å²) in [5.74, 6) is 0.443. The molecule has 1 aliphatic heterocycles. The van der Waals surface area contributed by atoms with Gasteiger partial charge < -0.3 is 19.2 Å². The molecule has 0 bridgehead atoms. The molecule has 6 heteroatoms. The lowest BCUT2D eigenvalue weighted by Crippen LogP contribution is -2.15. The molecular formula is C19H18N2O4. The van der Waals surface area contributed by atoms with E-state index >= 15 is 0 Å². The zero-order valence-corrected chi connectivity index (χ0v) is 13.8. The first-order chi connectivity index (χ1) is 12.2. The van der Waals surface area contributed by atoms with Crippen LogP contribution in [0.1, 0.15) is 16.8 Å². The number of aromatic nitrogens is 2. The number of H-pyrrole nitrogens is 1. The standard InChI is InChI=1S/C19H18N2O4/c1-23-19(22)17-10-21-18-16(17)8-13(9-20-18)12-2-4-14(5-3-12)25-15-6-7-24-11-15/h2-5,8-10,15H,6-7,11H2,1H3,(H,20,21). The van der Waals surface area contributed by atoms with Crippen LogP contribution in [-0.4, -0.2) is 42.4 Å². The first-order valence-electron chi connectivity index (χ1n) is 8.15. The van der Waals surface area contributed by atoms with Gasteiger partial charge in [0.25, 0.3) is 0 Å². The van der Waals surface area contributed by atoms with E-state index in [-0.39, 0.29) is 12.1 Å². The van der Waals surface area contributed by atoms with E-state index in [1.54, 1.807) is 12.4 Å². The average molecular weight is 338 g/mol. The molecule has 1 saturated heterocycles. The molecule has 0 saturated carbocycles. The summed E-state index contributed by atoms with van der Waals surface area (Å²) in [7, 11) is 1.37. The molecule has 3 aromatic rings. The van der Waals surface area contributed by atoms with Crippen molar-refractivity contribution in [1.29, 1.82) is 0 Å². The summed E-state index contributed by atoms with van der Waals surface area (Å²) in [6.45, 7) is 1.40. The largest absolute Gasteiger partial charge is 0.488 e. The van der Waals surface area contributed by atoms with Gasteiger partial charge in [-0.1, -0.05) is 12.1 Å². The summed E-state index contributed by atoms with van der Waals surface area (Å²) in [6, 6.07) is 9.79. The number of rotatable bonds is 4. The molecule has 1 N–H and O–H groups in total. The second kappa shape index (κ2) is 6.57. The summed E-state index contributed by atoms with van der Waals surface area (Å²) in [6.07, 6.45) is 4.45. The number of nitrogens with one attached hydrogen (secondary N) is 1. The summed E-state index contributed by atoms with van der Waals surface area (Å²) in [5, 5.41) is 0.743. The first-order valence-corrected chi connectivity index (χ1v) is 8.15. The summed E-state index contributed by atoms with van der Waals surface area (Å²) in [4.78, 5) is 19.2. The third kappa shape index (κ3) is 3.08. The van der Waals surface area contributed by atoms with Gasteiger partial charge >= 0.3 is 5.97 Å². The van der Waals surface area contributed by atoms with Crippen LogP contribution in [0.3, 0.4) is 0 Å². The van der Waals surface area contributed by atoms with E-state index in [4.69, 9.17) is 14.2 Å². The number of aromatic amines is 1. The van der Waals surface area contributed by atoms with Crippen molar-refractivity contribution >= 4 is 17.0 Å². The van der Waals surface area contributed by atoms with Crippen molar-refractivity contribution in [3.63, 3.8) is 0 Å². The minimum absolute atomic E-state index is 0.131. The number of esters is 1. The number of carbonyl (C=O) groups is 1. The van der Waals surface area contributed by atoms with Gasteiger partial charge in [-0.15, -0.1) is 0 Å². The number of ether oxygens (including phenoxy) is 3. The monoisotopic (exact) mass is 338 g/mol. The first kappa shape index (κ1) is 15.7. The number of nitrogens with zero attached hydrogens (tertiary/aromatic N) is 1. The van der Waals surface area contributed by atoms with Crippen LogP contribution in [0.2, 0.25) is 0 Å². The Morgan fingerprint density at radius 2 is 2.12 bits per heavy atom. The summed E-state index contributed by atoms with van der Waals surface area (Å²) < 4.78 is 16.0. The molecule has 1 aliphatic rings. The van der Waals surface area contributed by atoms with Crippen molar-refractivity contribution in [3.05, 3.63) is 48.3 Å². The lowest BCUT2D eigenvalue weighted by molar-refractivity contribution is 0.0603. The molecule has 3 heterocycles. The Hall–Kier alpha value is -2.86. The van der Waals surface area contributed by atoms with E-state index in [1.165, 1.54) is 7.11 Å². The fraction of sp³-hybridized carbons (Fsp3) is 0.263. The Labute approximate surface area is 144 Å². The molecular weight excluding hydrogens is 320 g/mol. The minimum atomic E-state index is -0.382. The van der Waals surface area contributed by atoms with Crippen LogP contribution in [0.4, 0.5) is 0 Å². The van der Waals surface area contributed by atoms with Crippen LogP contribution in [0, 0.1) is 0 Å². The normalized spacial score (nSPS) is 16.9. The Morgan fingerprint density at radius 3 is 2.84 bits per heavy atom. The van der Waals surface area contributed by atoms with E-state index in [0.717, 1.165) is 35.3 Å². The highest BCUT2D eigenvalue weighted by molar-refractivity contribution is 6.04. The van der Waals surface area contributed by atoms with Crippen LogP contribution >= 0.6 is 0 Å². The van der Waals surface area contributed by atoms with Crippen LogP contribution in [0.5, 0.6) is 5.75 Å². The van der Waals surface area contributed by atoms with Gasteiger partial charge in [0, 0.05) is 29.8 Å². The number of hydrogen-bond donors (Lipinski definition) is 1. The van der Waals surface area contributed by atoms with Crippen molar-refractivity contribution in [2.45, 2.75) is 12.5 Å². The average Bonchev–Trinajstić information content (AvgIpc) is 3.30. The van der Waals surface area contributed by atoms with Gasteiger partial charge in [0.05, 0.1) is 25.9 Å². The molecule has 0 radical (unpaired) electrons. The van der Waals surface area contributed by atoms with Gasteiger partial charge in [0.1, 0.15) is 17.5 Å². The van der Waals surface area contributed by atoms with Crippen LogP contribution in [0.25, 0.3) is 22.2 Å². The van der Waals surface area contributed by atoms with E-state index < -0.39 is 0 Å². The highest BCUT2D eigenvalue weighted by Crippen LogP contribution is 2.27. The number of carbonyl (C=O) groups excluding carboxylic acids is 1. The number of fused-ring (bicyclic) bond motifs is 1. The maximum Gasteiger partial charge on any atom is 0.340 e. The third-order valence-corrected chi connectivity index (χ3v) is 4.31. The molecule has 0 aliphatic carbocycles. The lowest BCUT2D eigenvalue weighted by atomic mass is 10.1. The molecule has 25 heavy (non-hydrogen) atoms. The smallest absolute Gasteiger partial charge is 0.340 e. The van der Waals surface area contributed by atoms with Gasteiger partial charge in [0.2, 0.25) is 0 Å². The zero-order valence-electron chi connectivity index (χ0n) is 13.8. The van der Waals surface area contributed by atoms with Crippen LogP contribution in [0.15, 0.2) is 42.7 Å². The maximum atomic E-state index is 11.8. The quantitative estimate of drug-likeness (QED) is 0.740. The number of hydrogen-bond acceptors (Lipinski definition) is 5. The van der Waals surface area contributed by atoms with E-state index in [0.29, 0.717) is 17.8 Å². The third-order valence-electron chi connectivity index (χ3n) is 4.31. The highest BCUT2D eigenvalue weighted by Gasteiger charge is 2.17. The van der Waals surface area contributed by atoms with Crippen molar-refractivity contribution in [1.82, 2.24) is 9.97 Å². The number of benzene rings is 1. The van der Waals surface area contributed by atoms with E-state index in [2.05, 4.69) is 9.97 Å². The predicted molar refractivity (Wildman–Crippen MR) is 92.7 cm³/mol. The number of methoxy groups -OCH3 is 1. The summed E-state index contributed by atoms with van der Waals surface area (Å²) in [5.41, 5.74) is 3.06. The van der Waals surface area contributed by atoms with Crippen molar-refractivity contribution in [3.8, 4) is 16.9 Å². The molecule has 6 nitrogen and oxygen atoms in total. The molecule has 1 fully saturated rings. The molecule has 0 spiro atoms. The maximum absolute atomic E-state index is 11.8. The second-order valence-electron chi connectivity index (χ2n) is 5.94. The summed E-state index contributed by atoms with van der Waals surface area (Å²) >= 11 is 0. The van der Waals surface area contributed by atoms with Gasteiger partial charge in [-0.3, -0.25) is 0 Å². The molecule has 1 aromatic carbocycles. The Bertz CT molecular complexity index is 895. The van der Waals surface area contributed by atoms with E-state index in [9.17, 15) is 4.79 Å². The highest BCUT2D eigenvalue weighted by atomic mass is 16.5. The molecule has 128 valence electrons. The number of pyridine rings is 1. The second-order valence-corrected chi connectivity index (χ2v) is 5.94. The fourth-order valence-electron chi connectivity index (χ4n) is 2.96. The van der Waals surface area contributed by atoms with Crippen LogP contribution < -0.4 is 4.74 Å². The Kier molecular flexibility index (Phi) is 4.11. The van der Waals surface area contributed by atoms with Crippen molar-refractivity contribution < 1.29 is 19.0 Å². The van der Waals surface area contributed by atoms with Gasteiger partial charge in [-0.05, 0) is 23.8 Å². The topological polar surface area (TPSA) is 73.4 Å². The van der Waals surface area contributed by atoms with Gasteiger partial charge in [-0.2, -0.15) is 0 Å². The SMILES string of the molecule is COC(=O)c1c[nH]c2ncc(-c3ccc(OC4CCOC4)cc3)cc12. The Balaban J connectivity index is 1.61. The van der Waals surface area contributed by atoms with E-state index in [1.807, 2.05) is 30.3 Å². The van der Waals surface area contributed by atoms with Crippen LogP contribution in [-0.2, 0) is 9.47 Å². The predicted octanol–water partition coefficient (Wildman–Crippen LogP) is 3.18. The lowest BCUT2D eigenvalue weighted by Gasteiger charge is -2.12. The van der Waals surface area contributed by atoms with Crippen molar-refractivity contribution in [2.75, 3.05) is 20.3 Å². The van der Waals surface area contributed by atoms with Gasteiger partial charge in [0.15, 0.2) is 0 Å². The molecule has 2 aromatic heterocycles. The molecule has 0 amide bonds. The zero-order chi connectivity index (χ0) is 17.2. The Morgan fingerprint density at radius 1 is 1.28 bits per heavy atom. The molecule has 1 unspecified atom stereocenters. The fourth-order valence-corrected chi connectivity index (χ4v) is 2.96. The molecule has 4 rings (SSSR count). The van der Waals surface area contributed by atoms with Crippen molar-refractivity contribution in [2.24, 2.45) is 0 Å². The minimum Gasteiger partial charge on any atom is -0.488 e.